The van der Waals surface area contributed by atoms with Gasteiger partial charge in [0.1, 0.15) is 0 Å². The Hall–Kier alpha value is -5.36. The van der Waals surface area contributed by atoms with E-state index in [1.807, 2.05) is 36.1 Å². The van der Waals surface area contributed by atoms with Crippen molar-refractivity contribution in [3.8, 4) is 5.69 Å². The maximum Gasteiger partial charge on any atom is 0.274 e. The van der Waals surface area contributed by atoms with E-state index < -0.39 is 17.9 Å². The predicted molar refractivity (Wildman–Crippen MR) is 190 cm³/mol. The summed E-state index contributed by atoms with van der Waals surface area (Å²) in [5, 5.41) is 20.4. The first-order valence-corrected chi connectivity index (χ1v) is 17.2. The number of carbonyl (C=O) groups excluding carboxylic acids is 4. The van der Waals surface area contributed by atoms with Crippen LogP contribution >= 0.6 is 0 Å². The van der Waals surface area contributed by atoms with Crippen molar-refractivity contribution in [1.82, 2.24) is 29.9 Å². The fourth-order valence-electron chi connectivity index (χ4n) is 6.08. The van der Waals surface area contributed by atoms with E-state index in [2.05, 4.69) is 29.5 Å². The Morgan fingerprint density at radius 2 is 1.70 bits per heavy atom. The molecule has 2 aromatic heterocycles. The molecule has 0 bridgehead atoms. The third-order valence-electron chi connectivity index (χ3n) is 8.86. The van der Waals surface area contributed by atoms with Crippen molar-refractivity contribution in [3.63, 3.8) is 0 Å². The molecule has 12 nitrogen and oxygen atoms in total. The summed E-state index contributed by atoms with van der Waals surface area (Å²) in [5.41, 5.74) is 4.33. The number of nitrogens with zero attached hydrogens (tertiary/aromatic N) is 5. The molecule has 0 aliphatic carbocycles. The summed E-state index contributed by atoms with van der Waals surface area (Å²) in [6.07, 6.45) is 7.15. The topological polar surface area (TPSA) is 150 Å². The zero-order valence-electron chi connectivity index (χ0n) is 28.9. The highest BCUT2D eigenvalue weighted by Crippen LogP contribution is 2.29. The second-order valence-corrected chi connectivity index (χ2v) is 12.5. The van der Waals surface area contributed by atoms with Crippen molar-refractivity contribution < 1.29 is 24.3 Å². The summed E-state index contributed by atoms with van der Waals surface area (Å²) in [6.45, 7) is 7.05. The molecule has 4 aromatic rings. The van der Waals surface area contributed by atoms with Crippen LogP contribution in [-0.2, 0) is 17.8 Å². The second kappa shape index (κ2) is 16.8. The first-order valence-electron chi connectivity index (χ1n) is 17.2. The van der Waals surface area contributed by atoms with Gasteiger partial charge in [-0.15, -0.1) is 0 Å². The van der Waals surface area contributed by atoms with Crippen molar-refractivity contribution >= 4 is 29.3 Å². The molecular formula is C38H45N7O5. The molecule has 0 fully saturated rings. The third kappa shape index (κ3) is 8.43. The van der Waals surface area contributed by atoms with Crippen LogP contribution in [-0.4, -0.2) is 85.6 Å². The molecular weight excluding hydrogens is 634 g/mol. The number of aromatic nitrogens is 3. The lowest BCUT2D eigenvalue weighted by Crippen LogP contribution is -2.46. The number of anilines is 1. The third-order valence-corrected chi connectivity index (χ3v) is 8.86. The Labute approximate surface area is 292 Å². The largest absolute Gasteiger partial charge is 0.394 e. The van der Waals surface area contributed by atoms with Crippen LogP contribution in [0, 0.1) is 6.92 Å². The fourth-order valence-corrected chi connectivity index (χ4v) is 6.08. The average molecular weight is 680 g/mol. The number of aliphatic hydroxyl groups excluding tert-OH is 1. The molecule has 3 heterocycles. The van der Waals surface area contributed by atoms with Gasteiger partial charge in [-0.3, -0.25) is 24.2 Å². The lowest BCUT2D eigenvalue weighted by atomic mass is 9.93. The van der Waals surface area contributed by atoms with E-state index in [1.165, 1.54) is 6.20 Å². The quantitative estimate of drug-likeness (QED) is 0.177. The van der Waals surface area contributed by atoms with Crippen LogP contribution in [0.5, 0.6) is 0 Å². The van der Waals surface area contributed by atoms with Gasteiger partial charge in [0.05, 0.1) is 36.0 Å². The number of fused-ring (bicyclic) bond motifs is 1. The monoisotopic (exact) mass is 679 g/mol. The summed E-state index contributed by atoms with van der Waals surface area (Å²) in [6, 6.07) is 17.2. The Balaban J connectivity index is 1.47. The predicted octanol–water partition coefficient (Wildman–Crippen LogP) is 4.55. The highest BCUT2D eigenvalue weighted by molar-refractivity contribution is 6.02. The van der Waals surface area contributed by atoms with E-state index in [-0.39, 0.29) is 36.2 Å². The molecule has 0 saturated heterocycles. The number of unbranched alkanes of at least 4 members (excludes halogenated alkanes) is 2. The average Bonchev–Trinajstić information content (AvgIpc) is 3.54. The Morgan fingerprint density at radius 1 is 0.960 bits per heavy atom. The number of carbonyl (C=O) groups is 4. The highest BCUT2D eigenvalue weighted by atomic mass is 16.3. The van der Waals surface area contributed by atoms with E-state index in [4.69, 9.17) is 5.10 Å². The first kappa shape index (κ1) is 35.9. The van der Waals surface area contributed by atoms with Crippen molar-refractivity contribution in [2.75, 3.05) is 31.6 Å². The van der Waals surface area contributed by atoms with E-state index >= 15 is 0 Å². The van der Waals surface area contributed by atoms with Crippen molar-refractivity contribution in [2.45, 2.75) is 65.5 Å². The molecule has 2 aromatic carbocycles. The van der Waals surface area contributed by atoms with Gasteiger partial charge in [-0.1, -0.05) is 51.0 Å². The second-order valence-electron chi connectivity index (χ2n) is 12.5. The molecule has 1 unspecified atom stereocenters. The van der Waals surface area contributed by atoms with Crippen LogP contribution in [0.15, 0.2) is 73.1 Å². The number of pyridine rings is 1. The number of aliphatic hydroxyl groups is 1. The van der Waals surface area contributed by atoms with E-state index in [0.717, 1.165) is 36.8 Å². The van der Waals surface area contributed by atoms with Crippen LogP contribution in [0.1, 0.15) is 87.6 Å². The minimum absolute atomic E-state index is 0.160. The smallest absolute Gasteiger partial charge is 0.274 e. The maximum atomic E-state index is 14.5. The number of nitrogens with one attached hydrogen (secondary N) is 2. The molecule has 1 atom stereocenters. The molecule has 1 aliphatic heterocycles. The minimum atomic E-state index is -0.490. The lowest BCUT2D eigenvalue weighted by Gasteiger charge is -2.36. The summed E-state index contributed by atoms with van der Waals surface area (Å²) in [5.74, 6) is -1.45. The number of rotatable bonds is 14. The van der Waals surface area contributed by atoms with Gasteiger partial charge in [0.2, 0.25) is 5.91 Å². The minimum Gasteiger partial charge on any atom is -0.394 e. The van der Waals surface area contributed by atoms with Crippen LogP contribution < -0.4 is 10.6 Å². The van der Waals surface area contributed by atoms with Crippen molar-refractivity contribution in [3.05, 3.63) is 107 Å². The standard InChI is InChI=1S/C38H45N7O5/c1-4-6-17-43(18-7-5-2)38(50)33-19-26(3)45(42-33)34-15-14-30(41-35(47)23-40-36(48)28-13-10-16-39-22-28)21-32(34)37(49)44-24-29-12-9-8-11-27(29)20-31(44)25-46/h8-16,19,21-22,31,46H,4-7,17-18,20,23-25H2,1-3H3,(H,40,48)(H,41,47). The molecule has 50 heavy (non-hydrogen) atoms. The van der Waals surface area contributed by atoms with E-state index in [1.54, 1.807) is 52.2 Å². The molecule has 4 amide bonds. The summed E-state index contributed by atoms with van der Waals surface area (Å²) < 4.78 is 1.59. The van der Waals surface area contributed by atoms with Crippen LogP contribution in [0.25, 0.3) is 5.69 Å². The van der Waals surface area contributed by atoms with Gasteiger partial charge >= 0.3 is 0 Å². The van der Waals surface area contributed by atoms with Gasteiger partial charge in [0.25, 0.3) is 17.7 Å². The van der Waals surface area contributed by atoms with E-state index in [0.29, 0.717) is 48.7 Å². The molecule has 5 rings (SSSR count). The fraction of sp³-hybridized carbons (Fsp3) is 0.368. The Morgan fingerprint density at radius 3 is 2.38 bits per heavy atom. The molecule has 3 N–H and O–H groups in total. The normalized spacial score (nSPS) is 13.8. The number of aryl methyl sites for hydroxylation is 1. The lowest BCUT2D eigenvalue weighted by molar-refractivity contribution is -0.115. The summed E-state index contributed by atoms with van der Waals surface area (Å²) in [4.78, 5) is 61.0. The number of hydrogen-bond donors (Lipinski definition) is 3. The zero-order valence-corrected chi connectivity index (χ0v) is 28.9. The van der Waals surface area contributed by atoms with Crippen molar-refractivity contribution in [1.29, 1.82) is 0 Å². The Kier molecular flexibility index (Phi) is 12.1. The summed E-state index contributed by atoms with van der Waals surface area (Å²) >= 11 is 0. The van der Waals surface area contributed by atoms with Gasteiger partial charge in [-0.05, 0) is 73.7 Å². The number of hydrogen-bond acceptors (Lipinski definition) is 7. The van der Waals surface area contributed by atoms with E-state index in [9.17, 15) is 24.3 Å². The number of amides is 4. The molecule has 262 valence electrons. The van der Waals surface area contributed by atoms with Gasteiger partial charge in [0, 0.05) is 43.4 Å². The Bertz CT molecular complexity index is 1820. The van der Waals surface area contributed by atoms with Crippen molar-refractivity contribution in [2.24, 2.45) is 0 Å². The number of benzene rings is 2. The van der Waals surface area contributed by atoms with Gasteiger partial charge in [0.15, 0.2) is 5.69 Å². The van der Waals surface area contributed by atoms with Crippen LogP contribution in [0.3, 0.4) is 0 Å². The van der Waals surface area contributed by atoms with Crippen LogP contribution in [0.4, 0.5) is 5.69 Å². The summed E-state index contributed by atoms with van der Waals surface area (Å²) in [7, 11) is 0. The van der Waals surface area contributed by atoms with Gasteiger partial charge in [-0.2, -0.15) is 5.10 Å². The SMILES string of the molecule is CCCCN(CCCC)C(=O)c1cc(C)n(-c2ccc(NC(=O)CNC(=O)c3cccnc3)cc2C(=O)N2Cc3ccccc3CC2CO)n1. The zero-order chi connectivity index (χ0) is 35.6. The maximum absolute atomic E-state index is 14.5. The molecule has 0 saturated carbocycles. The first-order chi connectivity index (χ1) is 24.2. The molecule has 0 radical (unpaired) electrons. The van der Waals surface area contributed by atoms with Crippen LogP contribution in [0.2, 0.25) is 0 Å². The highest BCUT2D eigenvalue weighted by Gasteiger charge is 2.32. The molecule has 12 heteroatoms. The van der Waals surface area contributed by atoms with Gasteiger partial charge in [-0.25, -0.2) is 4.68 Å². The van der Waals surface area contributed by atoms with Gasteiger partial charge < -0.3 is 25.5 Å². The molecule has 1 aliphatic rings. The molecule has 0 spiro atoms.